The number of alkyl halides is 6. The van der Waals surface area contributed by atoms with Gasteiger partial charge in [-0.2, -0.15) is 34.8 Å². The summed E-state index contributed by atoms with van der Waals surface area (Å²) in [5.41, 5.74) is -5.82. The summed E-state index contributed by atoms with van der Waals surface area (Å²) in [6.07, 6.45) is -4.99. The Morgan fingerprint density at radius 3 is 1.71 bits per heavy atom. The Morgan fingerprint density at radius 1 is 1.00 bits per heavy atom. The van der Waals surface area contributed by atoms with Crippen molar-refractivity contribution in [2.75, 3.05) is 6.61 Å². The van der Waals surface area contributed by atoms with Crippen molar-refractivity contribution in [3.8, 4) is 0 Å². The lowest BCUT2D eigenvalue weighted by atomic mass is 10.7. The monoisotopic (exact) mass is 248 g/mol. The first-order chi connectivity index (χ1) is 5.96. The third-order valence-electron chi connectivity index (χ3n) is 0.644. The highest BCUT2D eigenvalue weighted by molar-refractivity contribution is 7.87. The van der Waals surface area contributed by atoms with Gasteiger partial charge in [0.15, 0.2) is 6.61 Å². The molecule has 14 heavy (non-hydrogen) atoms. The van der Waals surface area contributed by atoms with Gasteiger partial charge < -0.3 is 0 Å². The molecule has 11 heteroatoms. The maximum absolute atomic E-state index is 11.4. The van der Waals surface area contributed by atoms with E-state index < -0.39 is 28.4 Å². The zero-order valence-electron chi connectivity index (χ0n) is 6.02. The molecule has 0 saturated carbocycles. The molecule has 0 amide bonds. The molecule has 0 fully saturated rings. The summed E-state index contributed by atoms with van der Waals surface area (Å²) in [7, 11) is -6.14. The van der Waals surface area contributed by atoms with Crippen molar-refractivity contribution >= 4 is 10.1 Å². The topological polar surface area (TPSA) is 52.6 Å². The fraction of sp³-hybridized carbons (Fsp3) is 1.00. The van der Waals surface area contributed by atoms with E-state index in [1.807, 2.05) is 0 Å². The van der Waals surface area contributed by atoms with Crippen molar-refractivity contribution in [2.24, 2.45) is 0 Å². The lowest BCUT2D eigenvalue weighted by Crippen LogP contribution is -2.27. The van der Waals surface area contributed by atoms with Crippen molar-refractivity contribution < 1.29 is 44.0 Å². The van der Waals surface area contributed by atoms with Crippen LogP contribution in [0.4, 0.5) is 26.3 Å². The van der Waals surface area contributed by atoms with Crippen LogP contribution in [-0.2, 0) is 19.3 Å². The van der Waals surface area contributed by atoms with Crippen LogP contribution in [0.5, 0.6) is 0 Å². The average molecular weight is 248 g/mol. The van der Waals surface area contributed by atoms with Gasteiger partial charge in [0, 0.05) is 0 Å². The van der Waals surface area contributed by atoms with Crippen LogP contribution in [0, 0.1) is 0 Å². The molecule has 0 aromatic rings. The largest absolute Gasteiger partial charge is 0.525 e. The number of hydrogen-bond acceptors (Lipinski definition) is 4. The number of hydrogen-bond donors (Lipinski definition) is 0. The van der Waals surface area contributed by atoms with Gasteiger partial charge in [0.05, 0.1) is 0 Å². The molecule has 86 valence electrons. The van der Waals surface area contributed by atoms with E-state index in [1.165, 1.54) is 0 Å². The van der Waals surface area contributed by atoms with E-state index in [-0.39, 0.29) is 0 Å². The average Bonchev–Trinajstić information content (AvgIpc) is 1.80. The Hall–Kier alpha value is -0.550. The Kier molecular flexibility index (Phi) is 3.75. The normalized spacial score (nSPS) is 14.4. The fourth-order valence-corrected chi connectivity index (χ4v) is 0.445. The first kappa shape index (κ1) is 13.4. The van der Waals surface area contributed by atoms with Crippen LogP contribution in [0.15, 0.2) is 0 Å². The summed E-state index contributed by atoms with van der Waals surface area (Å²) in [6, 6.07) is 0. The van der Waals surface area contributed by atoms with Gasteiger partial charge in [-0.1, -0.05) is 4.33 Å². The molecule has 0 aromatic heterocycles. The van der Waals surface area contributed by atoms with Gasteiger partial charge >= 0.3 is 21.8 Å². The highest BCUT2D eigenvalue weighted by Crippen LogP contribution is 2.25. The van der Waals surface area contributed by atoms with E-state index in [9.17, 15) is 34.8 Å². The zero-order chi connectivity index (χ0) is 11.6. The van der Waals surface area contributed by atoms with Crippen molar-refractivity contribution in [3.63, 3.8) is 0 Å². The van der Waals surface area contributed by atoms with E-state index in [0.29, 0.717) is 0 Å². The second-order valence-electron chi connectivity index (χ2n) is 1.85. The van der Waals surface area contributed by atoms with Crippen LogP contribution < -0.4 is 0 Å². The minimum atomic E-state index is -6.14. The van der Waals surface area contributed by atoms with Gasteiger partial charge in [-0.05, 0) is 0 Å². The van der Waals surface area contributed by atoms with Crippen molar-refractivity contribution in [2.45, 2.75) is 11.7 Å². The molecule has 0 rings (SSSR count). The van der Waals surface area contributed by atoms with Crippen molar-refractivity contribution in [3.05, 3.63) is 0 Å². The Morgan fingerprint density at radius 2 is 1.43 bits per heavy atom. The van der Waals surface area contributed by atoms with Crippen molar-refractivity contribution in [1.29, 1.82) is 0 Å². The lowest BCUT2D eigenvalue weighted by molar-refractivity contribution is -0.285. The summed E-state index contributed by atoms with van der Waals surface area (Å²) in [6.45, 7) is -2.26. The number of halogens is 6. The molecular formula is C3H2F6O4S. The summed E-state index contributed by atoms with van der Waals surface area (Å²) >= 11 is 0. The molecule has 0 aliphatic heterocycles. The Labute approximate surface area is 73.5 Å². The van der Waals surface area contributed by atoms with Gasteiger partial charge in [0.1, 0.15) is 0 Å². The molecule has 0 bridgehead atoms. The highest BCUT2D eigenvalue weighted by atomic mass is 32.2. The molecule has 0 radical (unpaired) electrons. The maximum Gasteiger partial charge on any atom is 0.525 e. The van der Waals surface area contributed by atoms with Gasteiger partial charge in [-0.25, -0.2) is 4.89 Å². The minimum Gasteiger partial charge on any atom is -0.210 e. The molecule has 0 spiro atoms. The van der Waals surface area contributed by atoms with Gasteiger partial charge in [0.25, 0.3) is 0 Å². The molecule has 0 N–H and O–H groups in total. The molecular weight excluding hydrogens is 246 g/mol. The smallest absolute Gasteiger partial charge is 0.210 e. The second kappa shape index (κ2) is 3.90. The predicted molar refractivity (Wildman–Crippen MR) is 28.1 cm³/mol. The third kappa shape index (κ3) is 4.62. The molecule has 0 aliphatic carbocycles. The fourth-order valence-electron chi connectivity index (χ4n) is 0.193. The van der Waals surface area contributed by atoms with E-state index >= 15 is 0 Å². The predicted octanol–water partition coefficient (Wildman–Crippen LogP) is 1.35. The molecule has 0 aliphatic rings. The molecule has 4 nitrogen and oxygen atoms in total. The van der Waals surface area contributed by atoms with Crippen LogP contribution in [0.2, 0.25) is 0 Å². The quantitative estimate of drug-likeness (QED) is 0.327. The van der Waals surface area contributed by atoms with Gasteiger partial charge in [-0.3, -0.25) is 0 Å². The van der Waals surface area contributed by atoms with E-state index in [4.69, 9.17) is 0 Å². The summed E-state index contributed by atoms with van der Waals surface area (Å²) in [4.78, 5) is 2.86. The van der Waals surface area contributed by atoms with E-state index in [2.05, 4.69) is 9.22 Å². The SMILES string of the molecule is O=S(=O)(OOCC(F)(F)F)C(F)(F)F. The Bertz CT molecular complexity index is 274. The van der Waals surface area contributed by atoms with E-state index in [1.54, 1.807) is 0 Å². The summed E-state index contributed by atoms with van der Waals surface area (Å²) in [5.74, 6) is 0. The van der Waals surface area contributed by atoms with Gasteiger partial charge in [-0.15, -0.1) is 0 Å². The van der Waals surface area contributed by atoms with E-state index in [0.717, 1.165) is 0 Å². The molecule has 0 atom stereocenters. The molecule has 0 heterocycles. The van der Waals surface area contributed by atoms with Crippen molar-refractivity contribution in [1.82, 2.24) is 0 Å². The zero-order valence-corrected chi connectivity index (χ0v) is 6.83. The maximum atomic E-state index is 11.4. The van der Waals surface area contributed by atoms with Gasteiger partial charge in [0.2, 0.25) is 0 Å². The molecule has 0 saturated heterocycles. The van der Waals surface area contributed by atoms with Crippen LogP contribution in [0.1, 0.15) is 0 Å². The van der Waals surface area contributed by atoms with Crippen LogP contribution in [0.3, 0.4) is 0 Å². The standard InChI is InChI=1S/C3H2F6O4S/c4-2(5,6)1-12-13-14(10,11)3(7,8)9/h1H2. The van der Waals surface area contributed by atoms with Crippen LogP contribution >= 0.6 is 0 Å². The summed E-state index contributed by atoms with van der Waals surface area (Å²) < 4.78 is 90.3. The van der Waals surface area contributed by atoms with Crippen LogP contribution in [-0.4, -0.2) is 26.7 Å². The molecule has 0 unspecified atom stereocenters. The third-order valence-corrected chi connectivity index (χ3v) is 1.49. The summed E-state index contributed by atoms with van der Waals surface area (Å²) in [5, 5.41) is 0. The second-order valence-corrected chi connectivity index (χ2v) is 3.35. The lowest BCUT2D eigenvalue weighted by Gasteiger charge is -2.08. The van der Waals surface area contributed by atoms with Crippen LogP contribution in [0.25, 0.3) is 0 Å². The number of rotatable bonds is 3. The first-order valence-electron chi connectivity index (χ1n) is 2.65. The molecule has 0 aromatic carbocycles. The first-order valence-corrected chi connectivity index (χ1v) is 4.06. The Balaban J connectivity index is 4.17. The highest BCUT2D eigenvalue weighted by Gasteiger charge is 2.49. The minimum absolute atomic E-state index is 2.26.